The van der Waals surface area contributed by atoms with E-state index in [2.05, 4.69) is 20.5 Å². The molecule has 1 atom stereocenters. The molecule has 0 aromatic heterocycles. The number of piperidine rings is 2. The number of guanidine groups is 1. The van der Waals surface area contributed by atoms with Crippen molar-refractivity contribution >= 4 is 45.6 Å². The molecule has 2 saturated heterocycles. The van der Waals surface area contributed by atoms with E-state index < -0.39 is 10.0 Å². The first-order chi connectivity index (χ1) is 13.8. The van der Waals surface area contributed by atoms with Crippen LogP contribution in [0.4, 0.5) is 10.1 Å². The minimum Gasteiger partial charge on any atom is -0.369 e. The molecule has 10 heteroatoms. The van der Waals surface area contributed by atoms with Gasteiger partial charge in [0.15, 0.2) is 5.96 Å². The third-order valence-corrected chi connectivity index (χ3v) is 7.06. The molecular weight excluding hydrogens is 520 g/mol. The first-order valence-corrected chi connectivity index (χ1v) is 12.1. The SMILES string of the molecule is CN=C(NCC1CCN(S(C)(=O)=O)CC1)NC1CCCN(c2cccc(F)c2)C1.I. The molecular formula is C20H33FIN5O2S. The number of halogens is 2. The van der Waals surface area contributed by atoms with Gasteiger partial charge in [0.05, 0.1) is 6.26 Å². The van der Waals surface area contributed by atoms with Gasteiger partial charge in [-0.05, 0) is 49.8 Å². The summed E-state index contributed by atoms with van der Waals surface area (Å²) < 4.78 is 38.4. The van der Waals surface area contributed by atoms with E-state index in [0.717, 1.165) is 57.0 Å². The number of benzene rings is 1. The van der Waals surface area contributed by atoms with E-state index in [-0.39, 0.29) is 35.8 Å². The second kappa shape index (κ2) is 11.5. The average Bonchev–Trinajstić information content (AvgIpc) is 2.71. The summed E-state index contributed by atoms with van der Waals surface area (Å²) in [5, 5.41) is 6.89. The standard InChI is InChI=1S/C20H32FN5O2S.HI/c1-22-20(23-14-16-8-11-26(12-9-16)29(2,27)28)24-18-6-4-10-25(15-18)19-7-3-5-17(21)13-19;/h3,5,7,13,16,18H,4,6,8-12,14-15H2,1-2H3,(H2,22,23,24);1H. The van der Waals surface area contributed by atoms with Crippen LogP contribution in [0.15, 0.2) is 29.3 Å². The Morgan fingerprint density at radius 2 is 1.97 bits per heavy atom. The molecule has 1 aromatic rings. The van der Waals surface area contributed by atoms with Crippen LogP contribution in [0.25, 0.3) is 0 Å². The van der Waals surface area contributed by atoms with Crippen molar-refractivity contribution in [1.82, 2.24) is 14.9 Å². The quantitative estimate of drug-likeness (QED) is 0.333. The van der Waals surface area contributed by atoms with Crippen molar-refractivity contribution in [2.24, 2.45) is 10.9 Å². The van der Waals surface area contributed by atoms with E-state index >= 15 is 0 Å². The number of anilines is 1. The van der Waals surface area contributed by atoms with Gasteiger partial charge in [0, 0.05) is 51.5 Å². The maximum Gasteiger partial charge on any atom is 0.211 e. The van der Waals surface area contributed by atoms with Gasteiger partial charge < -0.3 is 15.5 Å². The zero-order valence-electron chi connectivity index (χ0n) is 17.7. The maximum absolute atomic E-state index is 13.5. The summed E-state index contributed by atoms with van der Waals surface area (Å²) in [7, 11) is -1.33. The molecule has 2 fully saturated rings. The van der Waals surface area contributed by atoms with Crippen LogP contribution in [0.3, 0.4) is 0 Å². The Hall–Kier alpha value is -1.14. The fraction of sp³-hybridized carbons (Fsp3) is 0.650. The van der Waals surface area contributed by atoms with E-state index in [9.17, 15) is 12.8 Å². The predicted molar refractivity (Wildman–Crippen MR) is 131 cm³/mol. The molecule has 1 aromatic carbocycles. The molecule has 1 unspecified atom stereocenters. The fourth-order valence-corrected chi connectivity index (χ4v) is 4.95. The molecule has 7 nitrogen and oxygen atoms in total. The molecule has 2 aliphatic rings. The van der Waals surface area contributed by atoms with Crippen LogP contribution in [-0.4, -0.2) is 70.8 Å². The third kappa shape index (κ3) is 7.23. The van der Waals surface area contributed by atoms with Crippen LogP contribution in [0, 0.1) is 11.7 Å². The van der Waals surface area contributed by atoms with Crippen LogP contribution in [0.2, 0.25) is 0 Å². The molecule has 30 heavy (non-hydrogen) atoms. The summed E-state index contributed by atoms with van der Waals surface area (Å²) in [6, 6.07) is 6.98. The van der Waals surface area contributed by atoms with Crippen molar-refractivity contribution in [3.63, 3.8) is 0 Å². The molecule has 3 rings (SSSR count). The van der Waals surface area contributed by atoms with E-state index in [1.54, 1.807) is 23.5 Å². The Morgan fingerprint density at radius 1 is 1.23 bits per heavy atom. The van der Waals surface area contributed by atoms with Crippen molar-refractivity contribution in [2.75, 3.05) is 50.9 Å². The van der Waals surface area contributed by atoms with Crippen molar-refractivity contribution in [3.05, 3.63) is 30.1 Å². The predicted octanol–water partition coefficient (Wildman–Crippen LogP) is 2.25. The summed E-state index contributed by atoms with van der Waals surface area (Å²) in [5.74, 6) is 0.986. The normalized spacial score (nSPS) is 21.8. The summed E-state index contributed by atoms with van der Waals surface area (Å²) >= 11 is 0. The number of nitrogens with one attached hydrogen (secondary N) is 2. The Labute approximate surface area is 196 Å². The topological polar surface area (TPSA) is 77.0 Å². The lowest BCUT2D eigenvalue weighted by Gasteiger charge is -2.36. The number of aliphatic imine (C=N–C) groups is 1. The molecule has 0 spiro atoms. The van der Waals surface area contributed by atoms with Gasteiger partial charge in [0.25, 0.3) is 0 Å². The Morgan fingerprint density at radius 3 is 2.60 bits per heavy atom. The van der Waals surface area contributed by atoms with E-state index in [4.69, 9.17) is 0 Å². The first kappa shape index (κ1) is 25.1. The second-order valence-corrected chi connectivity index (χ2v) is 9.95. The number of nitrogens with zero attached hydrogens (tertiary/aromatic N) is 3. The van der Waals surface area contributed by atoms with Crippen molar-refractivity contribution in [3.8, 4) is 0 Å². The molecule has 2 aliphatic heterocycles. The summed E-state index contributed by atoms with van der Waals surface area (Å²) in [4.78, 5) is 6.55. The van der Waals surface area contributed by atoms with Crippen LogP contribution in [0.5, 0.6) is 0 Å². The van der Waals surface area contributed by atoms with Gasteiger partial charge in [-0.2, -0.15) is 0 Å². The molecule has 2 heterocycles. The van der Waals surface area contributed by atoms with Crippen molar-refractivity contribution in [1.29, 1.82) is 0 Å². The highest BCUT2D eigenvalue weighted by atomic mass is 127. The van der Waals surface area contributed by atoms with E-state index in [1.807, 2.05) is 6.07 Å². The molecule has 0 saturated carbocycles. The monoisotopic (exact) mass is 553 g/mol. The Bertz CT molecular complexity index is 815. The number of sulfonamides is 1. The average molecular weight is 553 g/mol. The molecule has 0 amide bonds. The second-order valence-electron chi connectivity index (χ2n) is 7.97. The maximum atomic E-state index is 13.5. The number of rotatable bonds is 5. The van der Waals surface area contributed by atoms with Gasteiger partial charge in [0.1, 0.15) is 5.82 Å². The van der Waals surface area contributed by atoms with Crippen molar-refractivity contribution in [2.45, 2.75) is 31.7 Å². The van der Waals surface area contributed by atoms with E-state index in [0.29, 0.717) is 19.0 Å². The summed E-state index contributed by atoms with van der Waals surface area (Å²) in [6.45, 7) is 3.67. The highest BCUT2D eigenvalue weighted by Crippen LogP contribution is 2.21. The minimum absolute atomic E-state index is 0. The van der Waals surface area contributed by atoms with Crippen LogP contribution < -0.4 is 15.5 Å². The number of hydrogen-bond acceptors (Lipinski definition) is 4. The van der Waals surface area contributed by atoms with Gasteiger partial charge in [-0.25, -0.2) is 17.1 Å². The van der Waals surface area contributed by atoms with Crippen LogP contribution in [0.1, 0.15) is 25.7 Å². The van der Waals surface area contributed by atoms with E-state index in [1.165, 1.54) is 12.3 Å². The summed E-state index contributed by atoms with van der Waals surface area (Å²) in [6.07, 6.45) is 5.06. The largest absolute Gasteiger partial charge is 0.369 e. The lowest BCUT2D eigenvalue weighted by molar-refractivity contribution is 0.274. The van der Waals surface area contributed by atoms with Crippen LogP contribution >= 0.6 is 24.0 Å². The Balaban J connectivity index is 0.00000320. The fourth-order valence-electron chi connectivity index (χ4n) is 4.08. The Kier molecular flexibility index (Phi) is 9.61. The zero-order chi connectivity index (χ0) is 20.9. The third-order valence-electron chi connectivity index (χ3n) is 5.76. The van der Waals surface area contributed by atoms with Crippen LogP contribution in [-0.2, 0) is 10.0 Å². The van der Waals surface area contributed by atoms with Gasteiger partial charge in [-0.3, -0.25) is 4.99 Å². The highest BCUT2D eigenvalue weighted by Gasteiger charge is 2.25. The molecule has 2 N–H and O–H groups in total. The molecule has 0 aliphatic carbocycles. The lowest BCUT2D eigenvalue weighted by Crippen LogP contribution is -2.52. The highest BCUT2D eigenvalue weighted by molar-refractivity contribution is 14.0. The van der Waals surface area contributed by atoms with Crippen molar-refractivity contribution < 1.29 is 12.8 Å². The first-order valence-electron chi connectivity index (χ1n) is 10.3. The molecule has 170 valence electrons. The zero-order valence-corrected chi connectivity index (χ0v) is 20.8. The van der Waals surface area contributed by atoms with Gasteiger partial charge in [-0.1, -0.05) is 6.07 Å². The molecule has 0 bridgehead atoms. The van der Waals surface area contributed by atoms with Gasteiger partial charge >= 0.3 is 0 Å². The lowest BCUT2D eigenvalue weighted by atomic mass is 9.98. The summed E-state index contributed by atoms with van der Waals surface area (Å²) in [5.41, 5.74) is 0.914. The van der Waals surface area contributed by atoms with Gasteiger partial charge in [0.2, 0.25) is 10.0 Å². The smallest absolute Gasteiger partial charge is 0.211 e. The number of hydrogen-bond donors (Lipinski definition) is 2. The minimum atomic E-state index is -3.09. The van der Waals surface area contributed by atoms with Gasteiger partial charge in [-0.15, -0.1) is 24.0 Å². The molecule has 0 radical (unpaired) electrons.